The number of carbonyl (C=O) groups excluding carboxylic acids is 1. The van der Waals surface area contributed by atoms with Crippen molar-refractivity contribution in [3.05, 3.63) is 35.4 Å². The van der Waals surface area contributed by atoms with Crippen molar-refractivity contribution in [2.75, 3.05) is 26.3 Å². The molecule has 1 unspecified atom stereocenters. The smallest absolute Gasteiger partial charge is 0.233 e. The topological polar surface area (TPSA) is 55.6 Å². The van der Waals surface area contributed by atoms with Crippen LogP contribution in [0.1, 0.15) is 44.2 Å². The minimum atomic E-state index is -0.443. The molecule has 1 aromatic rings. The van der Waals surface area contributed by atoms with E-state index in [0.29, 0.717) is 13.2 Å². The van der Waals surface area contributed by atoms with Crippen molar-refractivity contribution in [2.45, 2.75) is 51.5 Å². The Balaban J connectivity index is 0.00000225. The van der Waals surface area contributed by atoms with Crippen LogP contribution in [0, 0.1) is 12.3 Å². The minimum absolute atomic E-state index is 0. The zero-order valence-corrected chi connectivity index (χ0v) is 16.4. The molecule has 2 fully saturated rings. The molecule has 3 rings (SSSR count). The maximum absolute atomic E-state index is 13.7. The molecule has 4 nitrogen and oxygen atoms in total. The average molecular weight is 367 g/mol. The van der Waals surface area contributed by atoms with Gasteiger partial charge >= 0.3 is 0 Å². The maximum atomic E-state index is 13.7. The van der Waals surface area contributed by atoms with Crippen LogP contribution >= 0.6 is 12.4 Å². The highest BCUT2D eigenvalue weighted by Crippen LogP contribution is 2.40. The van der Waals surface area contributed by atoms with Crippen LogP contribution in [0.25, 0.3) is 0 Å². The second-order valence-corrected chi connectivity index (χ2v) is 8.12. The summed E-state index contributed by atoms with van der Waals surface area (Å²) in [5.74, 6) is 0.264. The Bertz CT molecular complexity index is 611. The summed E-state index contributed by atoms with van der Waals surface area (Å²) >= 11 is 0. The lowest BCUT2D eigenvalue weighted by Gasteiger charge is -2.47. The number of carbonyl (C=O) groups is 1. The number of ether oxygens (including phenoxy) is 1. The fraction of sp³-hybridized carbons (Fsp3) is 0.650. The van der Waals surface area contributed by atoms with Crippen molar-refractivity contribution in [3.8, 4) is 0 Å². The summed E-state index contributed by atoms with van der Waals surface area (Å²) in [5.41, 5.74) is 8.15. The lowest BCUT2D eigenvalue weighted by molar-refractivity contribution is -0.145. The zero-order chi connectivity index (χ0) is 17.4. The van der Waals surface area contributed by atoms with Crippen molar-refractivity contribution in [1.82, 2.24) is 4.90 Å². The highest BCUT2D eigenvalue weighted by Gasteiger charge is 2.47. The molecule has 0 aromatic heterocycles. The van der Waals surface area contributed by atoms with Crippen molar-refractivity contribution >= 4 is 18.3 Å². The van der Waals surface area contributed by atoms with Gasteiger partial charge in [0.25, 0.3) is 0 Å². The summed E-state index contributed by atoms with van der Waals surface area (Å²) in [6, 6.07) is 8.47. The number of rotatable bonds is 2. The van der Waals surface area contributed by atoms with Crippen LogP contribution in [-0.4, -0.2) is 43.2 Å². The van der Waals surface area contributed by atoms with Gasteiger partial charge in [-0.15, -0.1) is 12.4 Å². The first-order chi connectivity index (χ1) is 11.4. The number of hydrogen-bond donors (Lipinski definition) is 1. The molecule has 0 spiro atoms. The fourth-order valence-corrected chi connectivity index (χ4v) is 4.28. The third-order valence-corrected chi connectivity index (χ3v) is 6.02. The van der Waals surface area contributed by atoms with E-state index in [-0.39, 0.29) is 29.8 Å². The van der Waals surface area contributed by atoms with E-state index in [9.17, 15) is 4.79 Å². The number of aryl methyl sites for hydroxylation is 1. The normalized spacial score (nSPS) is 25.1. The van der Waals surface area contributed by atoms with Crippen molar-refractivity contribution in [2.24, 2.45) is 11.1 Å². The Morgan fingerprint density at radius 1 is 1.24 bits per heavy atom. The quantitative estimate of drug-likeness (QED) is 0.875. The SMILES string of the molecule is Cc1ccccc1C1(C(=O)N2CCC(N)C(C)(C)C2)CCOCC1.Cl. The van der Waals surface area contributed by atoms with Gasteiger partial charge in [0.15, 0.2) is 0 Å². The molecule has 1 atom stereocenters. The molecule has 0 bridgehead atoms. The number of halogens is 1. The molecule has 0 saturated carbocycles. The summed E-state index contributed by atoms with van der Waals surface area (Å²) < 4.78 is 5.59. The summed E-state index contributed by atoms with van der Waals surface area (Å²) in [7, 11) is 0. The van der Waals surface area contributed by atoms with Crippen LogP contribution in [0.4, 0.5) is 0 Å². The van der Waals surface area contributed by atoms with E-state index < -0.39 is 5.41 Å². The largest absolute Gasteiger partial charge is 0.381 e. The Morgan fingerprint density at radius 2 is 1.88 bits per heavy atom. The molecule has 2 aliphatic heterocycles. The predicted octanol–water partition coefficient (Wildman–Crippen LogP) is 3.05. The van der Waals surface area contributed by atoms with E-state index >= 15 is 0 Å². The van der Waals surface area contributed by atoms with Crippen molar-refractivity contribution in [3.63, 3.8) is 0 Å². The molecule has 2 N–H and O–H groups in total. The minimum Gasteiger partial charge on any atom is -0.381 e. The number of amides is 1. The van der Waals surface area contributed by atoms with Gasteiger partial charge in [-0.3, -0.25) is 4.79 Å². The summed E-state index contributed by atoms with van der Waals surface area (Å²) in [4.78, 5) is 15.7. The lowest BCUT2D eigenvalue weighted by Crippen LogP contribution is -2.58. The first-order valence-electron chi connectivity index (χ1n) is 9.06. The lowest BCUT2D eigenvalue weighted by atomic mass is 9.70. The zero-order valence-electron chi connectivity index (χ0n) is 15.6. The van der Waals surface area contributed by atoms with Gasteiger partial charge in [-0.2, -0.15) is 0 Å². The number of piperidine rings is 1. The average Bonchev–Trinajstić information content (AvgIpc) is 2.57. The molecule has 5 heteroatoms. The Hall–Kier alpha value is -1.10. The molecule has 1 aromatic carbocycles. The van der Waals surface area contributed by atoms with Gasteiger partial charge in [-0.25, -0.2) is 0 Å². The molecule has 2 heterocycles. The van der Waals surface area contributed by atoms with Gasteiger partial charge < -0.3 is 15.4 Å². The van der Waals surface area contributed by atoms with Gasteiger partial charge in [0, 0.05) is 32.3 Å². The molecule has 0 aliphatic carbocycles. The molecule has 2 saturated heterocycles. The van der Waals surface area contributed by atoms with Crippen LogP contribution < -0.4 is 5.73 Å². The van der Waals surface area contributed by atoms with Gasteiger partial charge in [0.05, 0.1) is 5.41 Å². The van der Waals surface area contributed by atoms with Crippen molar-refractivity contribution in [1.29, 1.82) is 0 Å². The summed E-state index contributed by atoms with van der Waals surface area (Å²) in [6.07, 6.45) is 2.40. The monoisotopic (exact) mass is 366 g/mol. The third-order valence-electron chi connectivity index (χ3n) is 6.02. The molecule has 0 radical (unpaired) electrons. The van der Waals surface area contributed by atoms with Crippen LogP contribution in [0.2, 0.25) is 0 Å². The number of nitrogens with two attached hydrogens (primary N) is 1. The summed E-state index contributed by atoms with van der Waals surface area (Å²) in [6.45, 7) is 9.24. The fourth-order valence-electron chi connectivity index (χ4n) is 4.28. The molecular weight excluding hydrogens is 336 g/mol. The van der Waals surface area contributed by atoms with E-state index in [1.54, 1.807) is 0 Å². The standard InChI is InChI=1S/C20H30N2O2.ClH/c1-15-6-4-5-7-16(15)20(9-12-24-13-10-20)18(23)22-11-8-17(21)19(2,3)14-22;/h4-7,17H,8-14,21H2,1-3H3;1H. The van der Waals surface area contributed by atoms with Gasteiger partial charge in [-0.1, -0.05) is 38.1 Å². The second-order valence-electron chi connectivity index (χ2n) is 8.12. The Morgan fingerprint density at radius 3 is 2.48 bits per heavy atom. The van der Waals surface area contributed by atoms with E-state index in [2.05, 4.69) is 37.8 Å². The van der Waals surface area contributed by atoms with E-state index in [4.69, 9.17) is 10.5 Å². The van der Waals surface area contributed by atoms with Crippen LogP contribution in [-0.2, 0) is 14.9 Å². The van der Waals surface area contributed by atoms with Crippen molar-refractivity contribution < 1.29 is 9.53 Å². The molecule has 140 valence electrons. The first-order valence-corrected chi connectivity index (χ1v) is 9.06. The highest BCUT2D eigenvalue weighted by atomic mass is 35.5. The van der Waals surface area contributed by atoms with E-state index in [1.165, 1.54) is 11.1 Å². The maximum Gasteiger partial charge on any atom is 0.233 e. The molecule has 1 amide bonds. The van der Waals surface area contributed by atoms with Crippen LogP contribution in [0.5, 0.6) is 0 Å². The highest BCUT2D eigenvalue weighted by molar-refractivity contribution is 5.89. The van der Waals surface area contributed by atoms with Gasteiger partial charge in [-0.05, 0) is 42.7 Å². The number of nitrogens with zero attached hydrogens (tertiary/aromatic N) is 1. The van der Waals surface area contributed by atoms with E-state index in [1.807, 2.05) is 12.1 Å². The molecule has 25 heavy (non-hydrogen) atoms. The van der Waals surface area contributed by atoms with E-state index in [0.717, 1.165) is 32.4 Å². The van der Waals surface area contributed by atoms with Gasteiger partial charge in [0.2, 0.25) is 5.91 Å². The number of benzene rings is 1. The second kappa shape index (κ2) is 7.65. The number of hydrogen-bond acceptors (Lipinski definition) is 3. The Labute approximate surface area is 157 Å². The summed E-state index contributed by atoms with van der Waals surface area (Å²) in [5, 5.41) is 0. The van der Waals surface area contributed by atoms with Crippen LogP contribution in [0.3, 0.4) is 0 Å². The first kappa shape index (κ1) is 20.2. The Kier molecular flexibility index (Phi) is 6.18. The third kappa shape index (κ3) is 3.71. The number of likely N-dealkylation sites (tertiary alicyclic amines) is 1. The molecule has 2 aliphatic rings. The predicted molar refractivity (Wildman–Crippen MR) is 103 cm³/mol. The van der Waals surface area contributed by atoms with Gasteiger partial charge in [0.1, 0.15) is 0 Å². The van der Waals surface area contributed by atoms with Crippen LogP contribution in [0.15, 0.2) is 24.3 Å². The molecular formula is C20H31ClN2O2.